The monoisotopic (exact) mass is 380 g/mol. The smallest absolute Gasteiger partial charge is 0.119 e. The van der Waals surface area contributed by atoms with Crippen LogP contribution in [-0.2, 0) is 10.3 Å². The van der Waals surface area contributed by atoms with Crippen LogP contribution in [0.2, 0.25) is 0 Å². The molecular formula is C24H32N2O2. The minimum atomic E-state index is -0.473. The van der Waals surface area contributed by atoms with Crippen LogP contribution in [0.25, 0.3) is 10.9 Å². The minimum absolute atomic E-state index is 0.110. The molecule has 2 bridgehead atoms. The summed E-state index contributed by atoms with van der Waals surface area (Å²) in [5.74, 6) is 2.06. The quantitative estimate of drug-likeness (QED) is 0.699. The van der Waals surface area contributed by atoms with Crippen molar-refractivity contribution >= 4 is 10.9 Å². The van der Waals surface area contributed by atoms with E-state index in [2.05, 4.69) is 55.4 Å². The number of piperidine rings is 3. The summed E-state index contributed by atoms with van der Waals surface area (Å²) in [6.45, 7) is 12.1. The highest BCUT2D eigenvalue weighted by Gasteiger charge is 2.58. The van der Waals surface area contributed by atoms with E-state index in [0.717, 1.165) is 29.6 Å². The predicted octanol–water partition coefficient (Wildman–Crippen LogP) is 4.78. The first-order chi connectivity index (χ1) is 13.4. The van der Waals surface area contributed by atoms with Gasteiger partial charge >= 0.3 is 0 Å². The molecule has 3 fully saturated rings. The summed E-state index contributed by atoms with van der Waals surface area (Å²) in [4.78, 5) is 7.25. The molecule has 4 heterocycles. The van der Waals surface area contributed by atoms with Crippen molar-refractivity contribution in [3.63, 3.8) is 0 Å². The lowest BCUT2D eigenvalue weighted by Gasteiger charge is -2.64. The Balaban J connectivity index is 1.88. The van der Waals surface area contributed by atoms with Crippen LogP contribution < -0.4 is 4.74 Å². The Bertz CT molecular complexity index is 897. The molecule has 4 nitrogen and oxygen atoms in total. The summed E-state index contributed by atoms with van der Waals surface area (Å²) in [5.41, 5.74) is 1.56. The third kappa shape index (κ3) is 2.61. The SMILES string of the molecule is C=C[C@H]1CN2C(C)C[C@H]1C[C@]2(C)[C@@](C)(OC)c1ccnc2ccc(OC)cc12. The maximum absolute atomic E-state index is 6.38. The average Bonchev–Trinajstić information content (AvgIpc) is 2.72. The van der Waals surface area contributed by atoms with Gasteiger partial charge in [0.25, 0.3) is 0 Å². The van der Waals surface area contributed by atoms with E-state index in [0.29, 0.717) is 17.9 Å². The van der Waals surface area contributed by atoms with E-state index >= 15 is 0 Å². The van der Waals surface area contributed by atoms with Crippen LogP contribution >= 0.6 is 0 Å². The topological polar surface area (TPSA) is 34.6 Å². The molecular weight excluding hydrogens is 348 g/mol. The molecule has 150 valence electrons. The highest BCUT2D eigenvalue weighted by molar-refractivity contribution is 5.84. The number of nitrogens with zero attached hydrogens (tertiary/aromatic N) is 2. The average molecular weight is 381 g/mol. The third-order valence-corrected chi connectivity index (χ3v) is 7.68. The molecule has 0 aliphatic carbocycles. The number of rotatable bonds is 5. The Morgan fingerprint density at radius 2 is 2.11 bits per heavy atom. The van der Waals surface area contributed by atoms with Crippen molar-refractivity contribution in [2.45, 2.75) is 50.8 Å². The summed E-state index contributed by atoms with van der Waals surface area (Å²) >= 11 is 0. The fourth-order valence-electron chi connectivity index (χ4n) is 5.87. The summed E-state index contributed by atoms with van der Waals surface area (Å²) in [6, 6.07) is 8.74. The van der Waals surface area contributed by atoms with E-state index in [1.165, 1.54) is 12.0 Å². The van der Waals surface area contributed by atoms with Crippen LogP contribution in [-0.4, -0.2) is 42.2 Å². The van der Waals surface area contributed by atoms with Gasteiger partial charge in [-0.15, -0.1) is 6.58 Å². The molecule has 5 rings (SSSR count). The number of benzene rings is 1. The molecule has 3 saturated heterocycles. The minimum Gasteiger partial charge on any atom is -0.497 e. The first kappa shape index (κ1) is 19.4. The van der Waals surface area contributed by atoms with Crippen molar-refractivity contribution in [3.05, 3.63) is 48.7 Å². The predicted molar refractivity (Wildman–Crippen MR) is 114 cm³/mol. The first-order valence-corrected chi connectivity index (χ1v) is 10.3. The van der Waals surface area contributed by atoms with Gasteiger partial charge in [-0.2, -0.15) is 0 Å². The Morgan fingerprint density at radius 3 is 2.75 bits per heavy atom. The van der Waals surface area contributed by atoms with Crippen LogP contribution in [0.4, 0.5) is 0 Å². The van der Waals surface area contributed by atoms with Gasteiger partial charge in [0.2, 0.25) is 0 Å². The molecule has 0 N–H and O–H groups in total. The summed E-state index contributed by atoms with van der Waals surface area (Å²) in [6.07, 6.45) is 6.39. The van der Waals surface area contributed by atoms with Gasteiger partial charge < -0.3 is 9.47 Å². The van der Waals surface area contributed by atoms with E-state index in [9.17, 15) is 0 Å². The molecule has 1 aromatic heterocycles. The summed E-state index contributed by atoms with van der Waals surface area (Å²) in [5, 5.41) is 1.10. The molecule has 3 aliphatic rings. The van der Waals surface area contributed by atoms with Gasteiger partial charge in [-0.3, -0.25) is 9.88 Å². The zero-order chi connectivity index (χ0) is 20.1. The van der Waals surface area contributed by atoms with Crippen LogP contribution in [0, 0.1) is 11.8 Å². The second-order valence-electron chi connectivity index (χ2n) is 8.85. The van der Waals surface area contributed by atoms with E-state index < -0.39 is 5.60 Å². The summed E-state index contributed by atoms with van der Waals surface area (Å²) in [7, 11) is 3.55. The third-order valence-electron chi connectivity index (χ3n) is 7.68. The van der Waals surface area contributed by atoms with Crippen molar-refractivity contribution in [1.29, 1.82) is 0 Å². The second-order valence-corrected chi connectivity index (χ2v) is 8.85. The Kier molecular flexibility index (Phi) is 4.75. The second kappa shape index (κ2) is 6.85. The molecule has 2 unspecified atom stereocenters. The van der Waals surface area contributed by atoms with Crippen LogP contribution in [0.1, 0.15) is 39.2 Å². The zero-order valence-corrected chi connectivity index (χ0v) is 17.7. The van der Waals surface area contributed by atoms with Crippen LogP contribution in [0.15, 0.2) is 43.1 Å². The number of hydrogen-bond acceptors (Lipinski definition) is 4. The van der Waals surface area contributed by atoms with Crippen molar-refractivity contribution in [1.82, 2.24) is 9.88 Å². The fourth-order valence-corrected chi connectivity index (χ4v) is 5.87. The molecule has 6 atom stereocenters. The summed E-state index contributed by atoms with van der Waals surface area (Å²) < 4.78 is 11.9. The van der Waals surface area contributed by atoms with E-state index in [4.69, 9.17) is 9.47 Å². The molecule has 28 heavy (non-hydrogen) atoms. The van der Waals surface area contributed by atoms with Crippen molar-refractivity contribution in [2.75, 3.05) is 20.8 Å². The maximum Gasteiger partial charge on any atom is 0.119 e. The van der Waals surface area contributed by atoms with Crippen molar-refractivity contribution in [2.24, 2.45) is 11.8 Å². The number of methoxy groups -OCH3 is 2. The van der Waals surface area contributed by atoms with E-state index in [-0.39, 0.29) is 5.54 Å². The highest BCUT2D eigenvalue weighted by Crippen LogP contribution is 2.54. The zero-order valence-electron chi connectivity index (χ0n) is 17.7. The van der Waals surface area contributed by atoms with E-state index in [1.54, 1.807) is 7.11 Å². The standard InChI is InChI=1S/C24H32N2O2/c1-7-17-15-26-16(2)12-18(17)14-23(26,3)24(4,28-6)21-10-11-25-22-9-8-19(27-5)13-20(21)22/h7-11,13,16-18H,1,12,14-15H2,2-6H3/t16?,17-,18-,23+,24-/m0/s1. The van der Waals surface area contributed by atoms with Gasteiger partial charge in [0.15, 0.2) is 0 Å². The van der Waals surface area contributed by atoms with Gasteiger partial charge in [-0.1, -0.05) is 6.08 Å². The fraction of sp³-hybridized carbons (Fsp3) is 0.542. The molecule has 0 spiro atoms. The normalized spacial score (nSPS) is 34.2. The molecule has 2 aromatic rings. The number of aromatic nitrogens is 1. The molecule has 0 amide bonds. The largest absolute Gasteiger partial charge is 0.497 e. The lowest BCUT2D eigenvalue weighted by Crippen LogP contribution is -2.70. The molecule has 1 aromatic carbocycles. The molecule has 4 heteroatoms. The molecule has 0 saturated carbocycles. The number of hydrogen-bond donors (Lipinski definition) is 0. The van der Waals surface area contributed by atoms with E-state index in [1.807, 2.05) is 25.4 Å². The lowest BCUT2D eigenvalue weighted by molar-refractivity contribution is -0.190. The van der Waals surface area contributed by atoms with Gasteiger partial charge in [-0.25, -0.2) is 0 Å². The molecule has 3 aliphatic heterocycles. The van der Waals surface area contributed by atoms with Crippen LogP contribution in [0.5, 0.6) is 5.75 Å². The van der Waals surface area contributed by atoms with Gasteiger partial charge in [0.1, 0.15) is 11.4 Å². The number of ether oxygens (including phenoxy) is 2. The Labute approximate surface area is 168 Å². The molecule has 0 radical (unpaired) electrons. The Morgan fingerprint density at radius 1 is 1.32 bits per heavy atom. The van der Waals surface area contributed by atoms with Crippen molar-refractivity contribution < 1.29 is 9.47 Å². The Hall–Kier alpha value is -1.91. The van der Waals surface area contributed by atoms with Crippen molar-refractivity contribution in [3.8, 4) is 5.75 Å². The number of pyridine rings is 1. The number of fused-ring (bicyclic) bond motifs is 4. The van der Waals surface area contributed by atoms with Crippen LogP contribution in [0.3, 0.4) is 0 Å². The maximum atomic E-state index is 6.38. The highest BCUT2D eigenvalue weighted by atomic mass is 16.5. The van der Waals surface area contributed by atoms with Gasteiger partial charge in [-0.05, 0) is 75.3 Å². The van der Waals surface area contributed by atoms with Gasteiger partial charge in [0, 0.05) is 31.3 Å². The first-order valence-electron chi connectivity index (χ1n) is 10.3. The lowest BCUT2D eigenvalue weighted by atomic mass is 9.60. The van der Waals surface area contributed by atoms with Gasteiger partial charge in [0.05, 0.1) is 18.2 Å².